The van der Waals surface area contributed by atoms with Crippen LogP contribution in [0.1, 0.15) is 52.9 Å². The van der Waals surface area contributed by atoms with Gasteiger partial charge >= 0.3 is 0 Å². The molecule has 1 saturated heterocycles. The van der Waals surface area contributed by atoms with E-state index in [1.807, 2.05) is 0 Å². The molecule has 1 aliphatic heterocycles. The van der Waals surface area contributed by atoms with E-state index in [1.165, 1.54) is 12.8 Å². The largest absolute Gasteiger partial charge is 0.339 e. The molecule has 1 atom stereocenters. The van der Waals surface area contributed by atoms with E-state index in [2.05, 4.69) is 31.0 Å². The molecule has 0 spiro atoms. The van der Waals surface area contributed by atoms with Crippen molar-refractivity contribution in [3.05, 3.63) is 0 Å². The third kappa shape index (κ3) is 2.87. The van der Waals surface area contributed by atoms with Crippen molar-refractivity contribution in [2.45, 2.75) is 58.9 Å². The van der Waals surface area contributed by atoms with Crippen LogP contribution in [0.15, 0.2) is 0 Å². The monoisotopic (exact) mass is 252 g/mol. The molecule has 2 rings (SSSR count). The third-order valence-corrected chi connectivity index (χ3v) is 4.47. The standard InChI is InChI=1S/C15H28N2O/c1-12(2)10-15(6-4-5-7-15)14(18)17-9-8-16-13(3)11-17/h12-13,16H,4-11H2,1-3H3/t13-/m1/s1. The van der Waals surface area contributed by atoms with Crippen LogP contribution in [0.5, 0.6) is 0 Å². The summed E-state index contributed by atoms with van der Waals surface area (Å²) in [6.07, 6.45) is 5.77. The Kier molecular flexibility index (Phi) is 4.31. The number of carbonyl (C=O) groups is 1. The van der Waals surface area contributed by atoms with Crippen molar-refractivity contribution in [3.8, 4) is 0 Å². The highest BCUT2D eigenvalue weighted by atomic mass is 16.2. The van der Waals surface area contributed by atoms with E-state index in [0.717, 1.165) is 38.9 Å². The van der Waals surface area contributed by atoms with Crippen molar-refractivity contribution in [3.63, 3.8) is 0 Å². The van der Waals surface area contributed by atoms with Crippen LogP contribution < -0.4 is 5.32 Å². The quantitative estimate of drug-likeness (QED) is 0.836. The van der Waals surface area contributed by atoms with Crippen molar-refractivity contribution in [2.24, 2.45) is 11.3 Å². The van der Waals surface area contributed by atoms with Gasteiger partial charge in [-0.1, -0.05) is 26.7 Å². The summed E-state index contributed by atoms with van der Waals surface area (Å²) in [5, 5.41) is 3.42. The highest BCUT2D eigenvalue weighted by Gasteiger charge is 2.44. The highest BCUT2D eigenvalue weighted by Crippen LogP contribution is 2.44. The van der Waals surface area contributed by atoms with E-state index in [9.17, 15) is 4.79 Å². The van der Waals surface area contributed by atoms with Gasteiger partial charge in [-0.25, -0.2) is 0 Å². The molecule has 0 bridgehead atoms. The van der Waals surface area contributed by atoms with Crippen LogP contribution in [0.3, 0.4) is 0 Å². The van der Waals surface area contributed by atoms with E-state index in [4.69, 9.17) is 0 Å². The first-order chi connectivity index (χ1) is 8.53. The lowest BCUT2D eigenvalue weighted by atomic mass is 9.77. The van der Waals surface area contributed by atoms with E-state index >= 15 is 0 Å². The maximum absolute atomic E-state index is 12.9. The van der Waals surface area contributed by atoms with Crippen LogP contribution in [0, 0.1) is 11.3 Å². The zero-order valence-corrected chi connectivity index (χ0v) is 12.2. The first-order valence-corrected chi connectivity index (χ1v) is 7.56. The molecule has 1 saturated carbocycles. The molecular weight excluding hydrogens is 224 g/mol. The summed E-state index contributed by atoms with van der Waals surface area (Å²) in [6.45, 7) is 9.39. The second-order valence-corrected chi connectivity index (χ2v) is 6.69. The molecule has 2 fully saturated rings. The number of nitrogens with zero attached hydrogens (tertiary/aromatic N) is 1. The van der Waals surface area contributed by atoms with Crippen molar-refractivity contribution in [2.75, 3.05) is 19.6 Å². The molecule has 3 heteroatoms. The van der Waals surface area contributed by atoms with Crippen LogP contribution in [0.4, 0.5) is 0 Å². The van der Waals surface area contributed by atoms with Gasteiger partial charge in [0.05, 0.1) is 0 Å². The maximum atomic E-state index is 12.9. The number of piperazine rings is 1. The summed E-state index contributed by atoms with van der Waals surface area (Å²) < 4.78 is 0. The summed E-state index contributed by atoms with van der Waals surface area (Å²) in [5.41, 5.74) is -0.0226. The van der Waals surface area contributed by atoms with Crippen molar-refractivity contribution in [1.29, 1.82) is 0 Å². The molecule has 0 aromatic carbocycles. The molecule has 104 valence electrons. The van der Waals surface area contributed by atoms with Crippen molar-refractivity contribution >= 4 is 5.91 Å². The number of rotatable bonds is 3. The number of hydrogen-bond acceptors (Lipinski definition) is 2. The zero-order valence-electron chi connectivity index (χ0n) is 12.2. The van der Waals surface area contributed by atoms with Gasteiger partial charge in [0.1, 0.15) is 0 Å². The van der Waals surface area contributed by atoms with E-state index < -0.39 is 0 Å². The number of hydrogen-bond donors (Lipinski definition) is 1. The van der Waals surface area contributed by atoms with E-state index in [0.29, 0.717) is 17.9 Å². The molecule has 3 nitrogen and oxygen atoms in total. The fourth-order valence-corrected chi connectivity index (χ4v) is 3.79. The van der Waals surface area contributed by atoms with E-state index in [1.54, 1.807) is 0 Å². The molecule has 0 unspecified atom stereocenters. The smallest absolute Gasteiger partial charge is 0.228 e. The van der Waals surface area contributed by atoms with Gasteiger partial charge in [-0.05, 0) is 32.1 Å². The second kappa shape index (κ2) is 5.60. The number of carbonyl (C=O) groups excluding carboxylic acids is 1. The Morgan fingerprint density at radius 1 is 1.39 bits per heavy atom. The van der Waals surface area contributed by atoms with Crippen molar-refractivity contribution in [1.82, 2.24) is 10.2 Å². The topological polar surface area (TPSA) is 32.3 Å². The van der Waals surface area contributed by atoms with Gasteiger partial charge < -0.3 is 10.2 Å². The summed E-state index contributed by atoms with van der Waals surface area (Å²) in [4.78, 5) is 15.0. The minimum Gasteiger partial charge on any atom is -0.339 e. The Balaban J connectivity index is 2.08. The summed E-state index contributed by atoms with van der Waals surface area (Å²) in [5.74, 6) is 1.06. The Morgan fingerprint density at radius 2 is 2.06 bits per heavy atom. The fraction of sp³-hybridized carbons (Fsp3) is 0.933. The molecule has 0 radical (unpaired) electrons. The number of nitrogens with one attached hydrogen (secondary N) is 1. The lowest BCUT2D eigenvalue weighted by Crippen LogP contribution is -2.55. The molecule has 1 aliphatic carbocycles. The molecule has 0 aromatic rings. The lowest BCUT2D eigenvalue weighted by molar-refractivity contribution is -0.144. The van der Waals surface area contributed by atoms with Gasteiger partial charge in [-0.2, -0.15) is 0 Å². The summed E-state index contributed by atoms with van der Waals surface area (Å²) >= 11 is 0. The molecule has 1 amide bonds. The minimum absolute atomic E-state index is 0.0226. The van der Waals surface area contributed by atoms with Crippen LogP contribution >= 0.6 is 0 Å². The molecule has 2 aliphatic rings. The van der Waals surface area contributed by atoms with Gasteiger partial charge in [0.2, 0.25) is 5.91 Å². The molecule has 18 heavy (non-hydrogen) atoms. The number of amides is 1. The third-order valence-electron chi connectivity index (χ3n) is 4.47. The average Bonchev–Trinajstić information content (AvgIpc) is 2.77. The van der Waals surface area contributed by atoms with Crippen molar-refractivity contribution < 1.29 is 4.79 Å². The van der Waals surface area contributed by atoms with E-state index in [-0.39, 0.29) is 5.41 Å². The predicted octanol–water partition coefficient (Wildman–Crippen LogP) is 2.41. The van der Waals surface area contributed by atoms with Gasteiger partial charge in [0, 0.05) is 31.1 Å². The SMILES string of the molecule is CC(C)CC1(C(=O)N2CCN[C@H](C)C2)CCCC1. The molecule has 0 aromatic heterocycles. The highest BCUT2D eigenvalue weighted by molar-refractivity contribution is 5.83. The molecular formula is C15H28N2O. The Hall–Kier alpha value is -0.570. The van der Waals surface area contributed by atoms with Crippen LogP contribution in [-0.2, 0) is 4.79 Å². The van der Waals surface area contributed by atoms with Crippen LogP contribution in [-0.4, -0.2) is 36.5 Å². The summed E-state index contributed by atoms with van der Waals surface area (Å²) in [7, 11) is 0. The van der Waals surface area contributed by atoms with Gasteiger partial charge in [0.15, 0.2) is 0 Å². The lowest BCUT2D eigenvalue weighted by Gasteiger charge is -2.39. The zero-order chi connectivity index (χ0) is 13.2. The second-order valence-electron chi connectivity index (χ2n) is 6.69. The van der Waals surface area contributed by atoms with Crippen LogP contribution in [0.2, 0.25) is 0 Å². The maximum Gasteiger partial charge on any atom is 0.228 e. The average molecular weight is 252 g/mol. The Morgan fingerprint density at radius 3 is 2.61 bits per heavy atom. The Labute approximate surface area is 111 Å². The molecule has 1 N–H and O–H groups in total. The predicted molar refractivity (Wildman–Crippen MR) is 74.4 cm³/mol. The molecule has 1 heterocycles. The van der Waals surface area contributed by atoms with Crippen LogP contribution in [0.25, 0.3) is 0 Å². The first kappa shape index (κ1) is 13.9. The van der Waals surface area contributed by atoms with Gasteiger partial charge in [-0.15, -0.1) is 0 Å². The van der Waals surface area contributed by atoms with Gasteiger partial charge in [0.25, 0.3) is 0 Å². The van der Waals surface area contributed by atoms with Gasteiger partial charge in [-0.3, -0.25) is 4.79 Å². The minimum atomic E-state index is -0.0226. The summed E-state index contributed by atoms with van der Waals surface area (Å²) in [6, 6.07) is 0.445. The Bertz CT molecular complexity index is 295. The normalized spacial score (nSPS) is 27.8. The first-order valence-electron chi connectivity index (χ1n) is 7.56. The fourth-order valence-electron chi connectivity index (χ4n) is 3.79.